The molecule has 2 aromatic rings. The molecule has 0 radical (unpaired) electrons. The first-order chi connectivity index (χ1) is 10.0. The minimum absolute atomic E-state index is 0.557. The van der Waals surface area contributed by atoms with Crippen molar-refractivity contribution in [1.29, 1.82) is 0 Å². The van der Waals surface area contributed by atoms with E-state index in [9.17, 15) is 0 Å². The van der Waals surface area contributed by atoms with Crippen molar-refractivity contribution < 1.29 is 0 Å². The van der Waals surface area contributed by atoms with Gasteiger partial charge in [0.2, 0.25) is 0 Å². The summed E-state index contributed by atoms with van der Waals surface area (Å²) in [5, 5.41) is 3.32. The Hall–Kier alpha value is -1.24. The van der Waals surface area contributed by atoms with Gasteiger partial charge in [-0.2, -0.15) is 0 Å². The summed E-state index contributed by atoms with van der Waals surface area (Å²) in [6, 6.07) is 4.02. The fourth-order valence-corrected chi connectivity index (χ4v) is 2.67. The van der Waals surface area contributed by atoms with Gasteiger partial charge in [0.25, 0.3) is 0 Å². The van der Waals surface area contributed by atoms with Crippen LogP contribution in [0.3, 0.4) is 0 Å². The van der Waals surface area contributed by atoms with Crippen LogP contribution < -0.4 is 5.32 Å². The lowest BCUT2D eigenvalue weighted by molar-refractivity contribution is 0.632. The highest BCUT2D eigenvalue weighted by molar-refractivity contribution is 14.1. The van der Waals surface area contributed by atoms with Crippen LogP contribution in [0.25, 0.3) is 11.5 Å². The van der Waals surface area contributed by atoms with E-state index in [1.54, 1.807) is 0 Å². The van der Waals surface area contributed by atoms with E-state index in [0.717, 1.165) is 39.3 Å². The molecule has 0 aliphatic carbocycles. The van der Waals surface area contributed by atoms with Crippen molar-refractivity contribution in [3.8, 4) is 11.5 Å². The van der Waals surface area contributed by atoms with E-state index in [4.69, 9.17) is 4.98 Å². The predicted molar refractivity (Wildman–Crippen MR) is 95.4 cm³/mol. The molecule has 112 valence electrons. The van der Waals surface area contributed by atoms with Gasteiger partial charge < -0.3 is 5.32 Å². The molecule has 0 bridgehead atoms. The molecule has 0 saturated heterocycles. The van der Waals surface area contributed by atoms with Crippen LogP contribution in [0.1, 0.15) is 32.0 Å². The molecule has 2 aromatic heterocycles. The summed E-state index contributed by atoms with van der Waals surface area (Å²) in [6.45, 7) is 9.35. The third-order valence-electron chi connectivity index (χ3n) is 3.01. The smallest absolute Gasteiger partial charge is 0.180 e. The molecule has 2 rings (SSSR count). The lowest BCUT2D eigenvalue weighted by Crippen LogP contribution is -2.10. The Morgan fingerprint density at radius 1 is 1.24 bits per heavy atom. The van der Waals surface area contributed by atoms with Gasteiger partial charge in [-0.05, 0) is 60.4 Å². The molecule has 21 heavy (non-hydrogen) atoms. The molecule has 2 heterocycles. The number of aromatic nitrogens is 3. The van der Waals surface area contributed by atoms with Crippen LogP contribution in [0.15, 0.2) is 18.3 Å². The maximum absolute atomic E-state index is 4.73. The molecule has 4 nitrogen and oxygen atoms in total. The number of nitrogens with one attached hydrogen (secondary N) is 1. The minimum Gasteiger partial charge on any atom is -0.369 e. The number of rotatable bonds is 5. The molecule has 5 heteroatoms. The molecule has 0 aliphatic rings. The molecule has 0 atom stereocenters. The van der Waals surface area contributed by atoms with Crippen molar-refractivity contribution in [3.05, 3.63) is 33.2 Å². The Morgan fingerprint density at radius 3 is 2.57 bits per heavy atom. The van der Waals surface area contributed by atoms with Gasteiger partial charge in [0.1, 0.15) is 11.5 Å². The van der Waals surface area contributed by atoms with E-state index in [0.29, 0.717) is 11.7 Å². The number of nitrogens with zero attached hydrogens (tertiary/aromatic N) is 3. The van der Waals surface area contributed by atoms with Gasteiger partial charge in [-0.3, -0.25) is 4.98 Å². The molecule has 1 N–H and O–H groups in total. The molecule has 0 spiro atoms. The number of pyridine rings is 1. The lowest BCUT2D eigenvalue weighted by atomic mass is 10.1. The second-order valence-electron chi connectivity index (χ2n) is 5.51. The van der Waals surface area contributed by atoms with Crippen molar-refractivity contribution in [2.24, 2.45) is 5.92 Å². The summed E-state index contributed by atoms with van der Waals surface area (Å²) in [5.74, 6) is 2.16. The van der Waals surface area contributed by atoms with E-state index in [2.05, 4.69) is 58.6 Å². The maximum Gasteiger partial charge on any atom is 0.180 e. The van der Waals surface area contributed by atoms with Gasteiger partial charge in [0.05, 0.1) is 9.26 Å². The first-order valence-electron chi connectivity index (χ1n) is 7.24. The summed E-state index contributed by atoms with van der Waals surface area (Å²) in [4.78, 5) is 13.8. The van der Waals surface area contributed by atoms with Crippen LogP contribution >= 0.6 is 22.6 Å². The van der Waals surface area contributed by atoms with Gasteiger partial charge in [-0.25, -0.2) is 9.97 Å². The highest BCUT2D eigenvalue weighted by atomic mass is 127. The molecular formula is C16H21IN4. The summed E-state index contributed by atoms with van der Waals surface area (Å²) in [5.41, 5.74) is 3.05. The Kier molecular flexibility index (Phi) is 5.50. The number of hydrogen-bond donors (Lipinski definition) is 1. The highest BCUT2D eigenvalue weighted by Crippen LogP contribution is 2.25. The van der Waals surface area contributed by atoms with E-state index in [1.807, 2.05) is 25.3 Å². The summed E-state index contributed by atoms with van der Waals surface area (Å²) in [7, 11) is 0. The molecule has 0 aliphatic heterocycles. The molecule has 0 saturated carbocycles. The number of anilines is 1. The molecular weight excluding hydrogens is 375 g/mol. The Labute approximate surface area is 140 Å². The average molecular weight is 396 g/mol. The largest absolute Gasteiger partial charge is 0.369 e. The van der Waals surface area contributed by atoms with E-state index in [-0.39, 0.29) is 0 Å². The summed E-state index contributed by atoms with van der Waals surface area (Å²) in [6.07, 6.45) is 2.80. The van der Waals surface area contributed by atoms with Crippen LogP contribution in [-0.4, -0.2) is 21.5 Å². The van der Waals surface area contributed by atoms with E-state index >= 15 is 0 Å². The van der Waals surface area contributed by atoms with Crippen molar-refractivity contribution in [2.45, 2.75) is 34.1 Å². The molecule has 0 fully saturated rings. The fraction of sp³-hybridized carbons (Fsp3) is 0.438. The van der Waals surface area contributed by atoms with E-state index in [1.165, 1.54) is 0 Å². The van der Waals surface area contributed by atoms with Crippen molar-refractivity contribution >= 4 is 28.4 Å². The third kappa shape index (κ3) is 4.12. The Bertz CT molecular complexity index is 608. The van der Waals surface area contributed by atoms with Gasteiger partial charge >= 0.3 is 0 Å². The first-order valence-corrected chi connectivity index (χ1v) is 8.32. The predicted octanol–water partition coefficient (Wildman–Crippen LogP) is 4.08. The average Bonchev–Trinajstić information content (AvgIpc) is 2.43. The van der Waals surface area contributed by atoms with Crippen molar-refractivity contribution in [2.75, 3.05) is 11.9 Å². The van der Waals surface area contributed by atoms with Crippen molar-refractivity contribution in [1.82, 2.24) is 15.0 Å². The number of halogens is 1. The van der Waals surface area contributed by atoms with Crippen LogP contribution in [0, 0.1) is 16.4 Å². The second kappa shape index (κ2) is 7.15. The van der Waals surface area contributed by atoms with Crippen LogP contribution in [0.4, 0.5) is 5.82 Å². The zero-order chi connectivity index (χ0) is 15.4. The van der Waals surface area contributed by atoms with Crippen LogP contribution in [0.5, 0.6) is 0 Å². The fourth-order valence-electron chi connectivity index (χ4n) is 2.01. The lowest BCUT2D eigenvalue weighted by Gasteiger charge is -2.13. The maximum atomic E-state index is 4.73. The quantitative estimate of drug-likeness (QED) is 0.774. The third-order valence-corrected chi connectivity index (χ3v) is 4.14. The first kappa shape index (κ1) is 16.1. The zero-order valence-electron chi connectivity index (χ0n) is 12.9. The monoisotopic (exact) mass is 396 g/mol. The Morgan fingerprint density at radius 2 is 2.00 bits per heavy atom. The van der Waals surface area contributed by atoms with E-state index < -0.39 is 0 Å². The normalized spacial score (nSPS) is 11.0. The number of hydrogen-bond acceptors (Lipinski definition) is 4. The highest BCUT2D eigenvalue weighted by Gasteiger charge is 2.14. The molecule has 0 amide bonds. The van der Waals surface area contributed by atoms with Gasteiger partial charge in [0, 0.05) is 12.7 Å². The van der Waals surface area contributed by atoms with Crippen molar-refractivity contribution in [3.63, 3.8) is 0 Å². The van der Waals surface area contributed by atoms with Crippen LogP contribution in [-0.2, 0) is 6.42 Å². The second-order valence-corrected chi connectivity index (χ2v) is 6.58. The number of aryl methyl sites for hydroxylation is 1. The standard InChI is InChI=1S/C16H21IN4/c1-5-18-16-14(17)13(8-10(2)3)20-15(21-16)12-7-6-11(4)9-19-12/h6-7,9-10H,5,8H2,1-4H3,(H,18,20,21). The summed E-state index contributed by atoms with van der Waals surface area (Å²) < 4.78 is 1.11. The summed E-state index contributed by atoms with van der Waals surface area (Å²) >= 11 is 2.33. The molecule has 0 unspecified atom stereocenters. The minimum atomic E-state index is 0.557. The van der Waals surface area contributed by atoms with Crippen LogP contribution in [0.2, 0.25) is 0 Å². The van der Waals surface area contributed by atoms with Gasteiger partial charge in [-0.1, -0.05) is 19.9 Å². The SMILES string of the molecule is CCNc1nc(-c2ccc(C)cn2)nc(CC(C)C)c1I. The zero-order valence-corrected chi connectivity index (χ0v) is 15.1. The van der Waals surface area contributed by atoms with Gasteiger partial charge in [0.15, 0.2) is 5.82 Å². The topological polar surface area (TPSA) is 50.7 Å². The molecule has 0 aromatic carbocycles. The Balaban J connectivity index is 2.49. The van der Waals surface area contributed by atoms with Gasteiger partial charge in [-0.15, -0.1) is 0 Å².